The topological polar surface area (TPSA) is 29.1 Å². The Morgan fingerprint density at radius 3 is 3.00 bits per heavy atom. The number of nitrogens with one attached hydrogen (secondary N) is 1. The molecule has 1 aromatic rings. The Labute approximate surface area is 105 Å². The van der Waals surface area contributed by atoms with E-state index in [2.05, 4.69) is 12.2 Å². The lowest BCUT2D eigenvalue weighted by Crippen LogP contribution is -2.47. The van der Waals surface area contributed by atoms with Crippen LogP contribution in [-0.4, -0.2) is 17.9 Å². The van der Waals surface area contributed by atoms with E-state index in [4.69, 9.17) is 11.6 Å². The molecular formula is C12H16ClNOS. The number of Topliss-reactive ketones (excluding diaryl/α,β-unsaturated/α-hetero) is 1. The van der Waals surface area contributed by atoms with Gasteiger partial charge in [0.2, 0.25) is 0 Å². The maximum absolute atomic E-state index is 12.5. The summed E-state index contributed by atoms with van der Waals surface area (Å²) in [6.07, 6.45) is 3.93. The van der Waals surface area contributed by atoms with Crippen molar-refractivity contribution in [2.45, 2.75) is 38.1 Å². The number of hydrogen-bond acceptors (Lipinski definition) is 3. The average Bonchev–Trinajstić information content (AvgIpc) is 2.87. The fraction of sp³-hybridized carbons (Fsp3) is 0.583. The normalized spacial score (nSPS) is 24.9. The Balaban J connectivity index is 2.27. The van der Waals surface area contributed by atoms with Gasteiger partial charge in [0.15, 0.2) is 5.78 Å². The molecular weight excluding hydrogens is 242 g/mol. The zero-order valence-corrected chi connectivity index (χ0v) is 11.0. The summed E-state index contributed by atoms with van der Waals surface area (Å²) < 4.78 is 0. The van der Waals surface area contributed by atoms with Crippen LogP contribution in [0.3, 0.4) is 0 Å². The van der Waals surface area contributed by atoms with Crippen LogP contribution in [0.2, 0.25) is 5.02 Å². The summed E-state index contributed by atoms with van der Waals surface area (Å²) in [4.78, 5) is 13.2. The third kappa shape index (κ3) is 2.04. The van der Waals surface area contributed by atoms with E-state index in [0.717, 1.165) is 32.2 Å². The maximum Gasteiger partial charge on any atom is 0.194 e. The second-order valence-corrected chi connectivity index (χ2v) is 5.61. The van der Waals surface area contributed by atoms with E-state index in [-0.39, 0.29) is 11.3 Å². The summed E-state index contributed by atoms with van der Waals surface area (Å²) in [5, 5.41) is 5.86. The van der Waals surface area contributed by atoms with Crippen molar-refractivity contribution in [3.05, 3.63) is 21.3 Å². The highest BCUT2D eigenvalue weighted by Crippen LogP contribution is 2.33. The number of ketones is 1. The molecule has 88 valence electrons. The molecule has 0 saturated carbocycles. The molecule has 2 rings (SSSR count). The first-order valence-electron chi connectivity index (χ1n) is 5.72. The van der Waals surface area contributed by atoms with Gasteiger partial charge in [-0.15, -0.1) is 11.3 Å². The first-order chi connectivity index (χ1) is 7.69. The molecule has 1 atom stereocenters. The first kappa shape index (κ1) is 12.1. The van der Waals surface area contributed by atoms with E-state index in [9.17, 15) is 4.79 Å². The van der Waals surface area contributed by atoms with Gasteiger partial charge >= 0.3 is 0 Å². The highest BCUT2D eigenvalue weighted by molar-refractivity contribution is 7.12. The smallest absolute Gasteiger partial charge is 0.194 e. The molecule has 16 heavy (non-hydrogen) atoms. The molecule has 0 radical (unpaired) electrons. The summed E-state index contributed by atoms with van der Waals surface area (Å²) in [6.45, 7) is 3.06. The molecule has 1 saturated heterocycles. The summed E-state index contributed by atoms with van der Waals surface area (Å²) in [6, 6.07) is 1.80. The van der Waals surface area contributed by atoms with E-state index in [0.29, 0.717) is 9.90 Å². The van der Waals surface area contributed by atoms with E-state index < -0.39 is 0 Å². The van der Waals surface area contributed by atoms with Crippen molar-refractivity contribution in [1.29, 1.82) is 0 Å². The van der Waals surface area contributed by atoms with Crippen molar-refractivity contribution in [2.75, 3.05) is 6.54 Å². The number of rotatable bonds is 4. The van der Waals surface area contributed by atoms with Crippen molar-refractivity contribution in [2.24, 2.45) is 0 Å². The molecule has 1 aliphatic heterocycles. The van der Waals surface area contributed by atoms with E-state index in [1.165, 1.54) is 11.3 Å². The van der Waals surface area contributed by atoms with Crippen LogP contribution in [0, 0.1) is 0 Å². The van der Waals surface area contributed by atoms with Crippen molar-refractivity contribution < 1.29 is 4.79 Å². The number of carbonyl (C=O) groups is 1. The first-order valence-corrected chi connectivity index (χ1v) is 6.98. The molecule has 0 bridgehead atoms. The zero-order valence-electron chi connectivity index (χ0n) is 9.38. The largest absolute Gasteiger partial charge is 0.305 e. The van der Waals surface area contributed by atoms with Gasteiger partial charge < -0.3 is 5.32 Å². The van der Waals surface area contributed by atoms with Gasteiger partial charge in [0.25, 0.3) is 0 Å². The summed E-state index contributed by atoms with van der Waals surface area (Å²) in [5.41, 5.74) is -0.344. The van der Waals surface area contributed by atoms with Crippen LogP contribution >= 0.6 is 22.9 Å². The predicted octanol–water partition coefficient (Wildman–Crippen LogP) is 3.51. The van der Waals surface area contributed by atoms with Crippen LogP contribution in [-0.2, 0) is 0 Å². The van der Waals surface area contributed by atoms with Crippen LogP contribution in [0.1, 0.15) is 42.3 Å². The highest BCUT2D eigenvalue weighted by atomic mass is 35.5. The fourth-order valence-corrected chi connectivity index (χ4v) is 3.61. The minimum absolute atomic E-state index is 0.187. The zero-order chi connectivity index (χ0) is 11.6. The molecule has 2 heterocycles. The standard InChI is InChI=1S/C12H16ClNOS/c1-2-5-12(6-3-7-14-12)11(15)10-9(13)4-8-16-10/h4,8,14H,2-3,5-7H2,1H3. The molecule has 0 aliphatic carbocycles. The van der Waals surface area contributed by atoms with Crippen LogP contribution in [0.15, 0.2) is 11.4 Å². The van der Waals surface area contributed by atoms with Crippen molar-refractivity contribution in [1.82, 2.24) is 5.32 Å². The van der Waals surface area contributed by atoms with E-state index >= 15 is 0 Å². The quantitative estimate of drug-likeness (QED) is 0.837. The Morgan fingerprint density at radius 1 is 1.69 bits per heavy atom. The molecule has 1 aliphatic rings. The number of carbonyl (C=O) groups excluding carboxylic acids is 1. The summed E-state index contributed by atoms with van der Waals surface area (Å²) in [5.74, 6) is 0.187. The lowest BCUT2D eigenvalue weighted by molar-refractivity contribution is 0.0862. The molecule has 1 N–H and O–H groups in total. The van der Waals surface area contributed by atoms with Gasteiger partial charge in [-0.2, -0.15) is 0 Å². The van der Waals surface area contributed by atoms with Crippen molar-refractivity contribution in [3.63, 3.8) is 0 Å². The van der Waals surface area contributed by atoms with Crippen LogP contribution < -0.4 is 5.32 Å². The average molecular weight is 258 g/mol. The Kier molecular flexibility index (Phi) is 3.67. The minimum atomic E-state index is -0.344. The Morgan fingerprint density at radius 2 is 2.50 bits per heavy atom. The molecule has 1 fully saturated rings. The molecule has 0 spiro atoms. The van der Waals surface area contributed by atoms with Gasteiger partial charge in [-0.1, -0.05) is 24.9 Å². The minimum Gasteiger partial charge on any atom is -0.305 e. The highest BCUT2D eigenvalue weighted by Gasteiger charge is 2.41. The molecule has 0 amide bonds. The van der Waals surface area contributed by atoms with Crippen molar-refractivity contribution >= 4 is 28.7 Å². The van der Waals surface area contributed by atoms with Crippen LogP contribution in [0.4, 0.5) is 0 Å². The van der Waals surface area contributed by atoms with Gasteiger partial charge in [0.05, 0.1) is 15.4 Å². The van der Waals surface area contributed by atoms with Crippen LogP contribution in [0.25, 0.3) is 0 Å². The third-order valence-electron chi connectivity index (χ3n) is 3.18. The van der Waals surface area contributed by atoms with Gasteiger partial charge in [-0.3, -0.25) is 4.79 Å². The second-order valence-electron chi connectivity index (χ2n) is 4.29. The maximum atomic E-state index is 12.5. The lowest BCUT2D eigenvalue weighted by atomic mass is 9.86. The number of hydrogen-bond donors (Lipinski definition) is 1. The van der Waals surface area contributed by atoms with Crippen molar-refractivity contribution in [3.8, 4) is 0 Å². The third-order valence-corrected chi connectivity index (χ3v) is 4.52. The predicted molar refractivity (Wildman–Crippen MR) is 68.5 cm³/mol. The number of thiophene rings is 1. The van der Waals surface area contributed by atoms with Gasteiger partial charge in [-0.05, 0) is 37.3 Å². The summed E-state index contributed by atoms with van der Waals surface area (Å²) >= 11 is 7.48. The monoisotopic (exact) mass is 257 g/mol. The Hall–Kier alpha value is -0.380. The van der Waals surface area contributed by atoms with Gasteiger partial charge in [-0.25, -0.2) is 0 Å². The van der Waals surface area contributed by atoms with Gasteiger partial charge in [0, 0.05) is 0 Å². The molecule has 4 heteroatoms. The lowest BCUT2D eigenvalue weighted by Gasteiger charge is -2.27. The molecule has 0 aromatic carbocycles. The second kappa shape index (κ2) is 4.86. The van der Waals surface area contributed by atoms with Crippen LogP contribution in [0.5, 0.6) is 0 Å². The van der Waals surface area contributed by atoms with E-state index in [1.807, 2.05) is 5.38 Å². The summed E-state index contributed by atoms with van der Waals surface area (Å²) in [7, 11) is 0. The fourth-order valence-electron chi connectivity index (χ4n) is 2.43. The molecule has 2 nitrogen and oxygen atoms in total. The molecule has 1 aromatic heterocycles. The van der Waals surface area contributed by atoms with Gasteiger partial charge in [0.1, 0.15) is 0 Å². The van der Waals surface area contributed by atoms with E-state index in [1.54, 1.807) is 6.07 Å². The SMILES string of the molecule is CCCC1(C(=O)c2sccc2Cl)CCCN1. The molecule has 1 unspecified atom stereocenters. The number of halogens is 1. The Bertz CT molecular complexity index is 382.